The highest BCUT2D eigenvalue weighted by atomic mass is 19.1. The van der Waals surface area contributed by atoms with Gasteiger partial charge in [-0.15, -0.1) is 0 Å². The van der Waals surface area contributed by atoms with Crippen molar-refractivity contribution in [2.24, 2.45) is 7.05 Å². The maximum Gasteiger partial charge on any atom is 0.338 e. The number of benzene rings is 2. The van der Waals surface area contributed by atoms with Crippen LogP contribution >= 0.6 is 0 Å². The number of carbonyl (C=O) groups is 2. The number of carbonyl (C=O) groups excluding carboxylic acids is 2. The fraction of sp³-hybridized carbons (Fsp3) is 0.227. The number of nitrogens with one attached hydrogen (secondary N) is 2. The lowest BCUT2D eigenvalue weighted by atomic mass is 10.1. The molecule has 0 aliphatic rings. The second kappa shape index (κ2) is 9.69. The fourth-order valence-corrected chi connectivity index (χ4v) is 2.90. The first kappa shape index (κ1) is 21.0. The Balaban J connectivity index is 1.72. The summed E-state index contributed by atoms with van der Waals surface area (Å²) < 4.78 is 20.6. The predicted molar refractivity (Wildman–Crippen MR) is 111 cm³/mol. The summed E-state index contributed by atoms with van der Waals surface area (Å²) in [6, 6.07) is 11.2. The number of urea groups is 1. The molecule has 2 N–H and O–H groups in total. The summed E-state index contributed by atoms with van der Waals surface area (Å²) in [4.78, 5) is 28.8. The Labute approximate surface area is 173 Å². The molecule has 3 rings (SSSR count). The van der Waals surface area contributed by atoms with Crippen molar-refractivity contribution in [2.75, 3.05) is 11.9 Å². The minimum Gasteiger partial charge on any atom is -0.462 e. The maximum atomic E-state index is 13.7. The highest BCUT2D eigenvalue weighted by molar-refractivity contribution is 5.92. The average molecular weight is 410 g/mol. The molecule has 2 amide bonds. The molecule has 0 saturated heterocycles. The van der Waals surface area contributed by atoms with E-state index in [-0.39, 0.29) is 0 Å². The van der Waals surface area contributed by atoms with Crippen molar-refractivity contribution in [3.05, 3.63) is 83.7 Å². The molecule has 30 heavy (non-hydrogen) atoms. The van der Waals surface area contributed by atoms with Crippen molar-refractivity contribution in [2.45, 2.75) is 19.4 Å². The molecule has 1 aromatic heterocycles. The minimum absolute atomic E-state index is 0.357. The molecule has 1 unspecified atom stereocenters. The lowest BCUT2D eigenvalue weighted by molar-refractivity contribution is 0.0505. The monoisotopic (exact) mass is 410 g/mol. The topological polar surface area (TPSA) is 85.2 Å². The number of halogens is 1. The van der Waals surface area contributed by atoms with Gasteiger partial charge in [0, 0.05) is 25.1 Å². The quantitative estimate of drug-likeness (QED) is 0.576. The number of aryl methyl sites for hydroxylation is 1. The standard InChI is InChI=1S/C22H23FN4O3/c1-3-13-30-21(28)15-7-9-18(10-8-15)25-22(29)26-19(20-24-11-12-27(20)2)16-5-4-6-17(23)14-16/h4-12,14,19H,3,13H2,1-2H3,(H2,25,26,29). The van der Waals surface area contributed by atoms with Gasteiger partial charge in [0.25, 0.3) is 0 Å². The van der Waals surface area contributed by atoms with Crippen LogP contribution < -0.4 is 10.6 Å². The van der Waals surface area contributed by atoms with Crippen LogP contribution in [0.2, 0.25) is 0 Å². The second-order valence-electron chi connectivity index (χ2n) is 6.70. The Morgan fingerprint density at radius 1 is 1.20 bits per heavy atom. The van der Waals surface area contributed by atoms with Gasteiger partial charge < -0.3 is 19.9 Å². The number of aromatic nitrogens is 2. The number of ether oxygens (including phenoxy) is 1. The van der Waals surface area contributed by atoms with E-state index in [1.807, 2.05) is 6.92 Å². The molecule has 0 saturated carbocycles. The van der Waals surface area contributed by atoms with Crippen LogP contribution in [0.4, 0.5) is 14.9 Å². The number of hydrogen-bond acceptors (Lipinski definition) is 4. The summed E-state index contributed by atoms with van der Waals surface area (Å²) in [7, 11) is 1.80. The summed E-state index contributed by atoms with van der Waals surface area (Å²) >= 11 is 0. The lowest BCUT2D eigenvalue weighted by Gasteiger charge is -2.19. The summed E-state index contributed by atoms with van der Waals surface area (Å²) in [6.45, 7) is 2.27. The lowest BCUT2D eigenvalue weighted by Crippen LogP contribution is -2.34. The van der Waals surface area contributed by atoms with Crippen molar-refractivity contribution in [1.82, 2.24) is 14.9 Å². The van der Waals surface area contributed by atoms with Gasteiger partial charge >= 0.3 is 12.0 Å². The van der Waals surface area contributed by atoms with Crippen LogP contribution in [-0.4, -0.2) is 28.2 Å². The molecule has 8 heteroatoms. The van der Waals surface area contributed by atoms with Gasteiger partial charge in [-0.2, -0.15) is 0 Å². The van der Waals surface area contributed by atoms with Gasteiger partial charge in [-0.25, -0.2) is 19.0 Å². The zero-order chi connectivity index (χ0) is 21.5. The average Bonchev–Trinajstić information content (AvgIpc) is 3.16. The summed E-state index contributed by atoms with van der Waals surface area (Å²) in [6.07, 6.45) is 4.10. The second-order valence-corrected chi connectivity index (χ2v) is 6.70. The normalized spacial score (nSPS) is 11.6. The van der Waals surface area contributed by atoms with Gasteiger partial charge in [0.05, 0.1) is 12.2 Å². The van der Waals surface area contributed by atoms with Gasteiger partial charge in [-0.3, -0.25) is 0 Å². The van der Waals surface area contributed by atoms with E-state index >= 15 is 0 Å². The molecule has 0 fully saturated rings. The molecule has 1 atom stereocenters. The van der Waals surface area contributed by atoms with E-state index in [4.69, 9.17) is 4.74 Å². The van der Waals surface area contributed by atoms with Gasteiger partial charge in [-0.1, -0.05) is 19.1 Å². The van der Waals surface area contributed by atoms with E-state index in [0.29, 0.717) is 29.2 Å². The maximum absolute atomic E-state index is 13.7. The number of esters is 1. The number of hydrogen-bond donors (Lipinski definition) is 2. The fourth-order valence-electron chi connectivity index (χ4n) is 2.90. The van der Waals surface area contributed by atoms with Crippen LogP contribution in [-0.2, 0) is 11.8 Å². The number of nitrogens with zero attached hydrogens (tertiary/aromatic N) is 2. The van der Waals surface area contributed by atoms with Gasteiger partial charge in [0.15, 0.2) is 0 Å². The SMILES string of the molecule is CCCOC(=O)c1ccc(NC(=O)NC(c2cccc(F)c2)c2nccn2C)cc1. The third kappa shape index (κ3) is 5.22. The van der Waals surface area contributed by atoms with Crippen molar-refractivity contribution in [3.63, 3.8) is 0 Å². The Morgan fingerprint density at radius 2 is 1.97 bits per heavy atom. The van der Waals surface area contributed by atoms with Crippen molar-refractivity contribution in [1.29, 1.82) is 0 Å². The number of anilines is 1. The molecule has 1 heterocycles. The summed E-state index contributed by atoms with van der Waals surface area (Å²) in [5, 5.41) is 5.54. The Hall–Kier alpha value is -3.68. The van der Waals surface area contributed by atoms with Crippen molar-refractivity contribution < 1.29 is 18.7 Å². The van der Waals surface area contributed by atoms with E-state index in [9.17, 15) is 14.0 Å². The van der Waals surface area contributed by atoms with Gasteiger partial charge in [0.1, 0.15) is 17.7 Å². The van der Waals surface area contributed by atoms with Gasteiger partial charge in [0.2, 0.25) is 0 Å². The van der Waals surface area contributed by atoms with Crippen LogP contribution in [0.1, 0.15) is 41.1 Å². The Kier molecular flexibility index (Phi) is 6.79. The first-order valence-corrected chi connectivity index (χ1v) is 9.55. The van der Waals surface area contributed by atoms with Crippen molar-refractivity contribution >= 4 is 17.7 Å². The highest BCUT2D eigenvalue weighted by Crippen LogP contribution is 2.21. The summed E-state index contributed by atoms with van der Waals surface area (Å²) in [5.74, 6) is -0.252. The molecule has 0 aliphatic heterocycles. The smallest absolute Gasteiger partial charge is 0.338 e. The van der Waals surface area contributed by atoms with Crippen LogP contribution in [0.25, 0.3) is 0 Å². The van der Waals surface area contributed by atoms with Crippen LogP contribution in [0, 0.1) is 5.82 Å². The number of imidazole rings is 1. The first-order valence-electron chi connectivity index (χ1n) is 9.55. The first-order chi connectivity index (χ1) is 14.5. The molecule has 0 aliphatic carbocycles. The Morgan fingerprint density at radius 3 is 2.60 bits per heavy atom. The molecule has 0 bridgehead atoms. The van der Waals surface area contributed by atoms with E-state index in [0.717, 1.165) is 6.42 Å². The third-order valence-electron chi connectivity index (χ3n) is 4.39. The van der Waals surface area contributed by atoms with Gasteiger partial charge in [-0.05, 0) is 48.4 Å². The van der Waals surface area contributed by atoms with Crippen LogP contribution in [0.15, 0.2) is 60.9 Å². The van der Waals surface area contributed by atoms with E-state index in [1.54, 1.807) is 60.4 Å². The zero-order valence-corrected chi connectivity index (χ0v) is 16.8. The molecule has 156 valence electrons. The minimum atomic E-state index is -0.649. The largest absolute Gasteiger partial charge is 0.462 e. The molecular formula is C22H23FN4O3. The van der Waals surface area contributed by atoms with E-state index in [1.165, 1.54) is 12.1 Å². The van der Waals surface area contributed by atoms with Crippen LogP contribution in [0.3, 0.4) is 0 Å². The zero-order valence-electron chi connectivity index (χ0n) is 16.8. The molecule has 0 radical (unpaired) electrons. The number of rotatable bonds is 7. The van der Waals surface area contributed by atoms with E-state index in [2.05, 4.69) is 15.6 Å². The third-order valence-corrected chi connectivity index (χ3v) is 4.39. The predicted octanol–water partition coefficient (Wildman–Crippen LogP) is 4.04. The summed E-state index contributed by atoms with van der Waals surface area (Å²) in [5.41, 5.74) is 1.46. The Bertz CT molecular complexity index is 1020. The van der Waals surface area contributed by atoms with Crippen molar-refractivity contribution in [3.8, 4) is 0 Å². The highest BCUT2D eigenvalue weighted by Gasteiger charge is 2.21. The molecular weight excluding hydrogens is 387 g/mol. The molecule has 0 spiro atoms. The molecule has 3 aromatic rings. The molecule has 2 aromatic carbocycles. The number of amides is 2. The van der Waals surface area contributed by atoms with E-state index < -0.39 is 23.9 Å². The van der Waals surface area contributed by atoms with Crippen LogP contribution in [0.5, 0.6) is 0 Å². The molecule has 7 nitrogen and oxygen atoms in total.